The molecule has 1 atom stereocenters. The minimum absolute atomic E-state index is 0.104. The van der Waals surface area contributed by atoms with Crippen LogP contribution in [0.2, 0.25) is 10.0 Å². The third-order valence-corrected chi connectivity index (χ3v) is 4.39. The van der Waals surface area contributed by atoms with Crippen molar-refractivity contribution in [3.63, 3.8) is 0 Å². The lowest BCUT2D eigenvalue weighted by Gasteiger charge is -2.26. The Balaban J connectivity index is 2.32. The third kappa shape index (κ3) is 3.60. The minimum atomic E-state index is -1.37. The predicted molar refractivity (Wildman–Crippen MR) is 89.3 cm³/mol. The summed E-state index contributed by atoms with van der Waals surface area (Å²) in [7, 11) is 0. The van der Waals surface area contributed by atoms with E-state index in [9.17, 15) is 24.6 Å². The van der Waals surface area contributed by atoms with Gasteiger partial charge in [0.15, 0.2) is 0 Å². The van der Waals surface area contributed by atoms with E-state index in [1.54, 1.807) is 0 Å². The molecule has 0 heterocycles. The van der Waals surface area contributed by atoms with E-state index in [2.05, 4.69) is 5.32 Å². The monoisotopic (exact) mass is 369 g/mol. The van der Waals surface area contributed by atoms with Gasteiger partial charge in [-0.15, -0.1) is 0 Å². The van der Waals surface area contributed by atoms with Crippen LogP contribution in [-0.2, 0) is 14.4 Å². The van der Waals surface area contributed by atoms with Gasteiger partial charge in [0.2, 0.25) is 0 Å². The number of hydrogen-bond acceptors (Lipinski definition) is 3. The van der Waals surface area contributed by atoms with Crippen molar-refractivity contribution in [1.82, 2.24) is 0 Å². The molecule has 0 aromatic heterocycles. The van der Waals surface area contributed by atoms with Crippen LogP contribution in [0.25, 0.3) is 0 Å². The second-order valence-corrected chi connectivity index (χ2v) is 6.33. The highest BCUT2D eigenvalue weighted by Crippen LogP contribution is 2.35. The highest BCUT2D eigenvalue weighted by Gasteiger charge is 2.38. The van der Waals surface area contributed by atoms with Crippen LogP contribution < -0.4 is 5.32 Å². The Bertz CT molecular complexity index is 800. The first-order valence-corrected chi connectivity index (χ1v) is 7.55. The first-order valence-electron chi connectivity index (χ1n) is 6.79. The van der Waals surface area contributed by atoms with Crippen molar-refractivity contribution in [2.45, 2.75) is 13.3 Å². The van der Waals surface area contributed by atoms with Crippen LogP contribution in [0.15, 0.2) is 41.5 Å². The quantitative estimate of drug-likeness (QED) is 0.754. The molecule has 0 bridgehead atoms. The fourth-order valence-electron chi connectivity index (χ4n) is 2.21. The number of carboxylic acid groups (broad SMARTS) is 2. The molecule has 0 spiro atoms. The number of halogens is 2. The van der Waals surface area contributed by atoms with Gasteiger partial charge in [0.05, 0.1) is 21.0 Å². The van der Waals surface area contributed by atoms with Crippen molar-refractivity contribution in [2.75, 3.05) is 5.32 Å². The van der Waals surface area contributed by atoms with Crippen LogP contribution in [0.4, 0.5) is 5.69 Å². The lowest BCUT2D eigenvalue weighted by atomic mass is 9.77. The highest BCUT2D eigenvalue weighted by atomic mass is 35.5. The maximum atomic E-state index is 12.4. The summed E-state index contributed by atoms with van der Waals surface area (Å²) in [6.07, 6.45) is 2.23. The van der Waals surface area contributed by atoms with Crippen molar-refractivity contribution >= 4 is 46.7 Å². The number of carboxylic acids is 2. The van der Waals surface area contributed by atoms with E-state index in [1.165, 1.54) is 37.3 Å². The molecule has 1 aliphatic rings. The first-order chi connectivity index (χ1) is 11.1. The van der Waals surface area contributed by atoms with E-state index in [-0.39, 0.29) is 22.6 Å². The molecule has 0 radical (unpaired) electrons. The van der Waals surface area contributed by atoms with Gasteiger partial charge in [0.1, 0.15) is 0 Å². The Hall–Kier alpha value is -2.31. The van der Waals surface area contributed by atoms with Crippen molar-refractivity contribution in [3.8, 4) is 0 Å². The fourth-order valence-corrected chi connectivity index (χ4v) is 2.51. The Kier molecular flexibility index (Phi) is 5.01. The van der Waals surface area contributed by atoms with E-state index < -0.39 is 23.3 Å². The molecule has 1 aromatic carbocycles. The molecule has 0 aliphatic heterocycles. The molecule has 0 saturated carbocycles. The van der Waals surface area contributed by atoms with E-state index in [4.69, 9.17) is 23.2 Å². The maximum Gasteiger partial charge on any atom is 0.332 e. The molecule has 3 N–H and O–H groups in total. The molecule has 0 saturated heterocycles. The minimum Gasteiger partial charge on any atom is -0.481 e. The topological polar surface area (TPSA) is 104 Å². The summed E-state index contributed by atoms with van der Waals surface area (Å²) in [5.74, 6) is -3.18. The normalized spacial score (nSPS) is 20.0. The number of rotatable bonds is 4. The van der Waals surface area contributed by atoms with Gasteiger partial charge in [0.25, 0.3) is 5.91 Å². The van der Waals surface area contributed by atoms with Gasteiger partial charge in [-0.2, -0.15) is 0 Å². The zero-order valence-electron chi connectivity index (χ0n) is 12.5. The zero-order chi connectivity index (χ0) is 18.1. The van der Waals surface area contributed by atoms with E-state index >= 15 is 0 Å². The number of carbonyl (C=O) groups excluding carboxylic acids is 1. The van der Waals surface area contributed by atoms with Gasteiger partial charge in [-0.25, -0.2) is 4.79 Å². The lowest BCUT2D eigenvalue weighted by Crippen LogP contribution is -2.31. The molecule has 6 nitrogen and oxygen atoms in total. The lowest BCUT2D eigenvalue weighted by molar-refractivity contribution is -0.145. The van der Waals surface area contributed by atoms with Crippen LogP contribution in [-0.4, -0.2) is 28.1 Å². The summed E-state index contributed by atoms with van der Waals surface area (Å²) in [4.78, 5) is 35.1. The number of anilines is 1. The van der Waals surface area contributed by atoms with Crippen LogP contribution in [0.5, 0.6) is 0 Å². The molecule has 8 heteroatoms. The summed E-state index contributed by atoms with van der Waals surface area (Å²) in [6, 6.07) is 4.43. The largest absolute Gasteiger partial charge is 0.481 e. The number of amides is 1. The molecular formula is C16H13Cl2NO5. The van der Waals surface area contributed by atoms with Crippen LogP contribution >= 0.6 is 23.2 Å². The van der Waals surface area contributed by atoms with Crippen molar-refractivity contribution in [3.05, 3.63) is 51.5 Å². The van der Waals surface area contributed by atoms with Crippen LogP contribution in [0.3, 0.4) is 0 Å². The Morgan fingerprint density at radius 2 is 1.83 bits per heavy atom. The molecule has 1 aromatic rings. The molecular weight excluding hydrogens is 357 g/mol. The summed E-state index contributed by atoms with van der Waals surface area (Å²) < 4.78 is 0. The molecule has 0 fully saturated rings. The third-order valence-electron chi connectivity index (χ3n) is 3.66. The van der Waals surface area contributed by atoms with E-state index in [0.29, 0.717) is 10.7 Å². The number of carbonyl (C=O) groups is 3. The number of benzene rings is 1. The average molecular weight is 370 g/mol. The standard InChI is InChI=1S/C16H13Cl2NO5/c1-16(15(23)24)5-4-9(10(7-16)14(21)22)13(20)19-8-2-3-11(17)12(18)6-8/h2-6H,7H2,1H3,(H,19,20)(H,21,22)(H,23,24). The zero-order valence-corrected chi connectivity index (χ0v) is 14.0. The number of nitrogens with one attached hydrogen (secondary N) is 1. The molecule has 1 amide bonds. The Labute approximate surface area is 147 Å². The number of aliphatic carboxylic acids is 2. The van der Waals surface area contributed by atoms with Gasteiger partial charge in [-0.05, 0) is 31.5 Å². The molecule has 1 aliphatic carbocycles. The highest BCUT2D eigenvalue weighted by molar-refractivity contribution is 6.42. The van der Waals surface area contributed by atoms with Crippen molar-refractivity contribution < 1.29 is 24.6 Å². The van der Waals surface area contributed by atoms with Crippen LogP contribution in [0, 0.1) is 5.41 Å². The summed E-state index contributed by atoms with van der Waals surface area (Å²) in [5, 5.41) is 21.6. The summed E-state index contributed by atoms with van der Waals surface area (Å²) >= 11 is 11.7. The second kappa shape index (κ2) is 6.67. The van der Waals surface area contributed by atoms with Gasteiger partial charge in [-0.1, -0.05) is 35.4 Å². The van der Waals surface area contributed by atoms with Gasteiger partial charge in [-0.3, -0.25) is 9.59 Å². The van der Waals surface area contributed by atoms with Crippen molar-refractivity contribution in [1.29, 1.82) is 0 Å². The van der Waals surface area contributed by atoms with Gasteiger partial charge in [0, 0.05) is 11.3 Å². The molecule has 126 valence electrons. The average Bonchev–Trinajstić information content (AvgIpc) is 2.50. The molecule has 2 rings (SSSR count). The second-order valence-electron chi connectivity index (χ2n) is 5.51. The predicted octanol–water partition coefficient (Wildman–Crippen LogP) is 3.36. The smallest absolute Gasteiger partial charge is 0.332 e. The van der Waals surface area contributed by atoms with Crippen molar-refractivity contribution in [2.24, 2.45) is 5.41 Å². The van der Waals surface area contributed by atoms with Crippen LogP contribution in [0.1, 0.15) is 13.3 Å². The number of hydrogen-bond donors (Lipinski definition) is 3. The van der Waals surface area contributed by atoms with Gasteiger partial charge < -0.3 is 15.5 Å². The van der Waals surface area contributed by atoms with E-state index in [1.807, 2.05) is 0 Å². The Morgan fingerprint density at radius 1 is 1.17 bits per heavy atom. The Morgan fingerprint density at radius 3 is 2.38 bits per heavy atom. The fraction of sp³-hybridized carbons (Fsp3) is 0.188. The summed E-state index contributed by atoms with van der Waals surface area (Å²) in [5.41, 5.74) is -1.40. The SMILES string of the molecule is CC1(C(=O)O)C=CC(C(=O)Nc2ccc(Cl)c(Cl)c2)=C(C(=O)O)C1. The summed E-state index contributed by atoms with van der Waals surface area (Å²) in [6.45, 7) is 1.39. The first kappa shape index (κ1) is 18.0. The van der Waals surface area contributed by atoms with Gasteiger partial charge >= 0.3 is 11.9 Å². The molecule has 1 unspecified atom stereocenters. The molecule has 24 heavy (non-hydrogen) atoms. The maximum absolute atomic E-state index is 12.4. The van der Waals surface area contributed by atoms with E-state index in [0.717, 1.165) is 0 Å².